The maximum Gasteiger partial charge on any atom is 0.263 e. The van der Waals surface area contributed by atoms with Gasteiger partial charge in [-0.1, -0.05) is 60.1 Å². The summed E-state index contributed by atoms with van der Waals surface area (Å²) in [6.07, 6.45) is -0.112. The summed E-state index contributed by atoms with van der Waals surface area (Å²) in [6.45, 7) is 0. The minimum absolute atomic E-state index is 0.112. The van der Waals surface area contributed by atoms with Gasteiger partial charge in [0, 0.05) is 22.5 Å². The zero-order chi connectivity index (χ0) is 26.8. The van der Waals surface area contributed by atoms with E-state index in [1.165, 1.54) is 14.2 Å². The number of carbonyl (C=O) groups is 1. The number of hydrogen-bond acceptors (Lipinski definition) is 6. The van der Waals surface area contributed by atoms with Crippen molar-refractivity contribution in [3.05, 3.63) is 105 Å². The number of methoxy groups -OCH3 is 2. The number of benzene rings is 4. The number of nitrogens with one attached hydrogen (secondary N) is 2. The molecule has 0 spiro atoms. The lowest BCUT2D eigenvalue weighted by atomic mass is 9.96. The van der Waals surface area contributed by atoms with Crippen molar-refractivity contribution in [2.45, 2.75) is 12.5 Å². The smallest absolute Gasteiger partial charge is 0.263 e. The number of Topliss-reactive ketones (excluding diaryl/α,β-unsaturated/α-hetero) is 1. The van der Waals surface area contributed by atoms with Gasteiger partial charge in [-0.25, -0.2) is 0 Å². The second kappa shape index (κ2) is 10.5. The third-order valence-electron chi connectivity index (χ3n) is 6.55. The van der Waals surface area contributed by atoms with E-state index in [2.05, 4.69) is 10.3 Å². The number of halogens is 1. The van der Waals surface area contributed by atoms with E-state index in [1.807, 2.05) is 54.6 Å². The molecule has 0 aliphatic rings. The molecular formula is C30H25ClN2O5. The summed E-state index contributed by atoms with van der Waals surface area (Å²) in [5.74, 6) is -0.416. The Bertz CT molecular complexity index is 1710. The number of fused-ring (bicyclic) bond motifs is 2. The molecule has 0 saturated carbocycles. The normalized spacial score (nSPS) is 11.9. The van der Waals surface area contributed by atoms with E-state index in [4.69, 9.17) is 21.1 Å². The van der Waals surface area contributed by atoms with Gasteiger partial charge in [0.05, 0.1) is 31.2 Å². The lowest BCUT2D eigenvalue weighted by Crippen LogP contribution is -2.22. The summed E-state index contributed by atoms with van der Waals surface area (Å²) < 4.78 is 10.8. The van der Waals surface area contributed by atoms with Crippen LogP contribution in [0.1, 0.15) is 28.4 Å². The molecule has 1 aromatic heterocycles. The van der Waals surface area contributed by atoms with Crippen molar-refractivity contribution < 1.29 is 19.4 Å². The van der Waals surface area contributed by atoms with Crippen LogP contribution in [0, 0.1) is 0 Å². The Hall–Kier alpha value is -4.49. The van der Waals surface area contributed by atoms with Gasteiger partial charge in [-0.05, 0) is 41.3 Å². The summed E-state index contributed by atoms with van der Waals surface area (Å²) in [4.78, 5) is 29.4. The topological polar surface area (TPSA) is 101 Å². The van der Waals surface area contributed by atoms with Gasteiger partial charge < -0.3 is 24.9 Å². The molecule has 0 bridgehead atoms. The molecule has 0 saturated heterocycles. The van der Waals surface area contributed by atoms with E-state index < -0.39 is 23.1 Å². The maximum atomic E-state index is 13.7. The van der Waals surface area contributed by atoms with Gasteiger partial charge in [-0.15, -0.1) is 0 Å². The fourth-order valence-electron chi connectivity index (χ4n) is 4.72. The molecule has 1 heterocycles. The number of ketones is 1. The minimum Gasteiger partial charge on any atom is -0.506 e. The number of carbonyl (C=O) groups excluding carboxylic acids is 1. The Labute approximate surface area is 223 Å². The summed E-state index contributed by atoms with van der Waals surface area (Å²) in [5.41, 5.74) is 0.922. The first-order valence-electron chi connectivity index (χ1n) is 11.9. The third kappa shape index (κ3) is 4.64. The number of ether oxygens (including phenoxy) is 2. The molecule has 5 rings (SSSR count). The molecule has 0 radical (unpaired) electrons. The van der Waals surface area contributed by atoms with Crippen LogP contribution in [-0.2, 0) is 0 Å². The van der Waals surface area contributed by atoms with Gasteiger partial charge >= 0.3 is 0 Å². The molecule has 7 nitrogen and oxygen atoms in total. The Balaban J connectivity index is 1.59. The molecule has 4 aromatic carbocycles. The van der Waals surface area contributed by atoms with Crippen LogP contribution in [-0.4, -0.2) is 30.1 Å². The van der Waals surface area contributed by atoms with Gasteiger partial charge in [0.15, 0.2) is 17.3 Å². The van der Waals surface area contributed by atoms with Crippen LogP contribution < -0.4 is 20.3 Å². The van der Waals surface area contributed by atoms with Crippen molar-refractivity contribution in [1.29, 1.82) is 0 Å². The summed E-state index contributed by atoms with van der Waals surface area (Å²) in [5, 5.41) is 17.4. The van der Waals surface area contributed by atoms with Crippen LogP contribution in [0.5, 0.6) is 17.2 Å². The van der Waals surface area contributed by atoms with Crippen LogP contribution in [0.25, 0.3) is 21.7 Å². The second-order valence-corrected chi connectivity index (χ2v) is 9.24. The van der Waals surface area contributed by atoms with Crippen molar-refractivity contribution in [3.8, 4) is 17.2 Å². The van der Waals surface area contributed by atoms with Crippen molar-refractivity contribution in [2.24, 2.45) is 0 Å². The molecule has 192 valence electrons. The fourth-order valence-corrected chi connectivity index (χ4v) is 4.84. The van der Waals surface area contributed by atoms with E-state index >= 15 is 0 Å². The molecule has 8 heteroatoms. The zero-order valence-corrected chi connectivity index (χ0v) is 21.5. The highest BCUT2D eigenvalue weighted by molar-refractivity contribution is 6.30. The SMILES string of the molecule is COc1ccc2[nH]c(=O)c(C(=O)CC(Nc3cccc4ccccc34)c3ccc(Cl)cc3)c(O)c2c1OC. The number of aromatic nitrogens is 1. The van der Waals surface area contributed by atoms with E-state index in [0.717, 1.165) is 22.0 Å². The minimum atomic E-state index is -0.688. The molecule has 0 fully saturated rings. The summed E-state index contributed by atoms with van der Waals surface area (Å²) in [6, 6.07) is 23.6. The van der Waals surface area contributed by atoms with Crippen molar-refractivity contribution in [2.75, 3.05) is 19.5 Å². The molecule has 0 aliphatic carbocycles. The molecule has 5 aromatic rings. The molecule has 0 aliphatic heterocycles. The number of rotatable bonds is 8. The van der Waals surface area contributed by atoms with Gasteiger partial charge in [0.25, 0.3) is 5.56 Å². The largest absolute Gasteiger partial charge is 0.506 e. The van der Waals surface area contributed by atoms with Crippen LogP contribution in [0.3, 0.4) is 0 Å². The Morgan fingerprint density at radius 2 is 1.71 bits per heavy atom. The number of anilines is 1. The predicted octanol–water partition coefficient (Wildman–Crippen LogP) is 6.48. The highest BCUT2D eigenvalue weighted by Crippen LogP contribution is 2.40. The first-order valence-corrected chi connectivity index (χ1v) is 12.3. The van der Waals surface area contributed by atoms with Gasteiger partial charge in [0.1, 0.15) is 11.3 Å². The van der Waals surface area contributed by atoms with Crippen LogP contribution >= 0.6 is 11.6 Å². The Kier molecular flexibility index (Phi) is 6.94. The molecule has 38 heavy (non-hydrogen) atoms. The highest BCUT2D eigenvalue weighted by Gasteiger charge is 2.26. The predicted molar refractivity (Wildman–Crippen MR) is 150 cm³/mol. The molecule has 0 amide bonds. The number of pyridine rings is 1. The first-order chi connectivity index (χ1) is 18.4. The lowest BCUT2D eigenvalue weighted by Gasteiger charge is -2.22. The first kappa shape index (κ1) is 25.2. The number of hydrogen-bond donors (Lipinski definition) is 3. The summed E-state index contributed by atoms with van der Waals surface area (Å²) >= 11 is 6.12. The van der Waals surface area contributed by atoms with E-state index in [9.17, 15) is 14.7 Å². The van der Waals surface area contributed by atoms with Crippen molar-refractivity contribution >= 4 is 44.7 Å². The van der Waals surface area contributed by atoms with Gasteiger partial charge in [-0.2, -0.15) is 0 Å². The van der Waals surface area contributed by atoms with Crippen molar-refractivity contribution in [1.82, 2.24) is 4.98 Å². The number of aromatic hydroxyl groups is 1. The average Bonchev–Trinajstić information content (AvgIpc) is 2.92. The Morgan fingerprint density at radius 3 is 2.45 bits per heavy atom. The second-order valence-electron chi connectivity index (χ2n) is 8.80. The quantitative estimate of drug-likeness (QED) is 0.199. The van der Waals surface area contributed by atoms with Crippen molar-refractivity contribution in [3.63, 3.8) is 0 Å². The van der Waals surface area contributed by atoms with E-state index in [1.54, 1.807) is 24.3 Å². The summed E-state index contributed by atoms with van der Waals surface area (Å²) in [7, 11) is 2.89. The van der Waals surface area contributed by atoms with Crippen LogP contribution in [0.2, 0.25) is 5.02 Å². The Morgan fingerprint density at radius 1 is 0.974 bits per heavy atom. The highest BCUT2D eigenvalue weighted by atomic mass is 35.5. The maximum absolute atomic E-state index is 13.7. The van der Waals surface area contributed by atoms with Crippen LogP contribution in [0.15, 0.2) is 83.7 Å². The molecule has 1 unspecified atom stereocenters. The monoisotopic (exact) mass is 528 g/mol. The fraction of sp³-hybridized carbons (Fsp3) is 0.133. The van der Waals surface area contributed by atoms with Gasteiger partial charge in [-0.3, -0.25) is 9.59 Å². The standard InChI is InChI=1S/C30H25ClN2O5/c1-37-25-15-14-22-26(29(25)38-2)28(35)27(30(36)33-22)24(34)16-23(18-10-12-19(31)13-11-18)32-21-9-5-7-17-6-3-4-8-20(17)21/h3-15,23,32H,16H2,1-2H3,(H2,33,35,36). The van der Waals surface area contributed by atoms with E-state index in [0.29, 0.717) is 16.3 Å². The van der Waals surface area contributed by atoms with Gasteiger partial charge in [0.2, 0.25) is 0 Å². The number of aromatic amines is 1. The molecule has 1 atom stereocenters. The third-order valence-corrected chi connectivity index (χ3v) is 6.81. The average molecular weight is 529 g/mol. The zero-order valence-electron chi connectivity index (χ0n) is 20.7. The van der Waals surface area contributed by atoms with E-state index in [-0.39, 0.29) is 23.1 Å². The van der Waals surface area contributed by atoms with Crippen LogP contribution in [0.4, 0.5) is 5.69 Å². The molecular weight excluding hydrogens is 504 g/mol. The molecule has 3 N–H and O–H groups in total. The number of H-pyrrole nitrogens is 1. The lowest BCUT2D eigenvalue weighted by molar-refractivity contribution is 0.0972.